The minimum Gasteiger partial charge on any atom is -0.447 e. The Hall–Kier alpha value is -4.37. The number of carbonyl (C=O) groups is 1. The molecule has 2 aromatic heterocycles. The van der Waals surface area contributed by atoms with Gasteiger partial charge >= 0.3 is 6.09 Å². The van der Waals surface area contributed by atoms with Crippen LogP contribution in [-0.2, 0) is 11.3 Å². The van der Waals surface area contributed by atoms with Gasteiger partial charge in [-0.15, -0.1) is 11.3 Å². The van der Waals surface area contributed by atoms with Crippen LogP contribution < -0.4 is 10.9 Å². The smallest absolute Gasteiger partial charge is 0.410 e. The molecule has 3 aliphatic rings. The molecule has 1 saturated carbocycles. The number of aromatic nitrogens is 3. The van der Waals surface area contributed by atoms with Crippen LogP contribution in [0.1, 0.15) is 54.2 Å². The molecule has 12 heteroatoms. The van der Waals surface area contributed by atoms with Crippen molar-refractivity contribution in [3.05, 3.63) is 74.8 Å². The number of hydrogen-bond donors (Lipinski definition) is 1. The topological polar surface area (TPSA) is 113 Å². The van der Waals surface area contributed by atoms with Crippen molar-refractivity contribution in [2.45, 2.75) is 63.1 Å². The number of aryl methyl sites for hydroxylation is 1. The first-order valence-corrected chi connectivity index (χ1v) is 15.1. The lowest BCUT2D eigenvalue weighted by molar-refractivity contribution is -0.0874. The standard InChI is InChI=1S/C31H28F2N6O3S/c1-17-35-26-9-23(28-37-27(16-43-28)20-11-31(32,33)12-20)25(36-21-6-7-38-22(8-21)15-42-30(38)41)10-24(26)29(40)39(17)14-19-4-2-18(13-34)3-5-19/h2-5,9-10,16,20-22,36H,6-8,11-12,14-15H2,1H3/t21-,22-/m0/s1. The first kappa shape index (κ1) is 27.5. The molecule has 7 rings (SSSR count). The van der Waals surface area contributed by atoms with Crippen molar-refractivity contribution >= 4 is 34.0 Å². The first-order chi connectivity index (χ1) is 20.7. The van der Waals surface area contributed by atoms with E-state index >= 15 is 0 Å². The molecule has 0 spiro atoms. The summed E-state index contributed by atoms with van der Waals surface area (Å²) in [4.78, 5) is 37.2. The fourth-order valence-electron chi connectivity index (χ4n) is 6.25. The van der Waals surface area contributed by atoms with Gasteiger partial charge in [-0.3, -0.25) is 9.36 Å². The number of alkyl halides is 2. The molecule has 220 valence electrons. The number of nitrogens with zero attached hydrogens (tertiary/aromatic N) is 5. The lowest BCUT2D eigenvalue weighted by Gasteiger charge is -2.34. The third-order valence-corrected chi connectivity index (χ3v) is 9.57. The van der Waals surface area contributed by atoms with Gasteiger partial charge in [0.05, 0.1) is 40.8 Å². The minimum absolute atomic E-state index is 0.0108. The van der Waals surface area contributed by atoms with Crippen molar-refractivity contribution in [2.24, 2.45) is 0 Å². The zero-order valence-electron chi connectivity index (χ0n) is 23.3. The van der Waals surface area contributed by atoms with Crippen molar-refractivity contribution in [3.8, 4) is 16.6 Å². The van der Waals surface area contributed by atoms with E-state index in [2.05, 4.69) is 11.4 Å². The van der Waals surface area contributed by atoms with Crippen LogP contribution in [-0.4, -0.2) is 56.7 Å². The Morgan fingerprint density at radius 3 is 2.72 bits per heavy atom. The van der Waals surface area contributed by atoms with E-state index < -0.39 is 5.92 Å². The number of fused-ring (bicyclic) bond motifs is 2. The van der Waals surface area contributed by atoms with Crippen molar-refractivity contribution in [1.29, 1.82) is 5.26 Å². The molecule has 43 heavy (non-hydrogen) atoms. The van der Waals surface area contributed by atoms with E-state index in [1.165, 1.54) is 11.3 Å². The molecule has 0 unspecified atom stereocenters. The molecule has 3 fully saturated rings. The van der Waals surface area contributed by atoms with Crippen LogP contribution in [0.5, 0.6) is 0 Å². The number of hydrogen-bond acceptors (Lipinski definition) is 8. The summed E-state index contributed by atoms with van der Waals surface area (Å²) in [6.45, 7) is 3.01. The molecule has 0 bridgehead atoms. The van der Waals surface area contributed by atoms with E-state index in [4.69, 9.17) is 20.0 Å². The van der Waals surface area contributed by atoms with Crippen LogP contribution in [0.3, 0.4) is 0 Å². The summed E-state index contributed by atoms with van der Waals surface area (Å²) >= 11 is 1.39. The second kappa shape index (κ2) is 10.4. The molecule has 2 saturated heterocycles. The monoisotopic (exact) mass is 602 g/mol. The lowest BCUT2D eigenvalue weighted by Crippen LogP contribution is -2.45. The summed E-state index contributed by atoms with van der Waals surface area (Å²) in [6, 6.07) is 12.9. The number of nitriles is 1. The quantitative estimate of drug-likeness (QED) is 0.303. The summed E-state index contributed by atoms with van der Waals surface area (Å²) in [5, 5.41) is 15.7. The predicted molar refractivity (Wildman–Crippen MR) is 158 cm³/mol. The number of piperidine rings is 1. The largest absolute Gasteiger partial charge is 0.447 e. The highest BCUT2D eigenvalue weighted by Crippen LogP contribution is 2.49. The number of carbonyl (C=O) groups excluding carboxylic acids is 1. The van der Waals surface area contributed by atoms with Gasteiger partial charge in [0.1, 0.15) is 17.4 Å². The minimum atomic E-state index is -2.64. The van der Waals surface area contributed by atoms with Gasteiger partial charge in [0.2, 0.25) is 5.92 Å². The zero-order valence-corrected chi connectivity index (χ0v) is 24.2. The van der Waals surface area contributed by atoms with Gasteiger partial charge < -0.3 is 15.0 Å². The maximum absolute atomic E-state index is 13.9. The number of benzene rings is 2. The van der Waals surface area contributed by atoms with E-state index in [1.807, 2.05) is 29.6 Å². The number of halogens is 2. The van der Waals surface area contributed by atoms with Crippen LogP contribution in [0.15, 0.2) is 46.6 Å². The molecule has 2 aliphatic heterocycles. The number of amides is 1. The highest BCUT2D eigenvalue weighted by molar-refractivity contribution is 7.13. The number of cyclic esters (lactones) is 1. The number of rotatable bonds is 6. The molecule has 0 radical (unpaired) electrons. The number of ether oxygens (including phenoxy) is 1. The predicted octanol–water partition coefficient (Wildman–Crippen LogP) is 5.66. The lowest BCUT2D eigenvalue weighted by atomic mass is 9.79. The number of thiazole rings is 1. The van der Waals surface area contributed by atoms with Gasteiger partial charge in [0, 0.05) is 48.0 Å². The Morgan fingerprint density at radius 2 is 1.98 bits per heavy atom. The van der Waals surface area contributed by atoms with E-state index in [-0.39, 0.29) is 42.5 Å². The number of nitrogens with one attached hydrogen (secondary N) is 1. The molecular weight excluding hydrogens is 574 g/mol. The van der Waals surface area contributed by atoms with Gasteiger partial charge in [-0.2, -0.15) is 5.26 Å². The highest BCUT2D eigenvalue weighted by Gasteiger charge is 2.47. The van der Waals surface area contributed by atoms with Crippen LogP contribution in [0.4, 0.5) is 19.3 Å². The summed E-state index contributed by atoms with van der Waals surface area (Å²) in [5.74, 6) is -2.36. The average molecular weight is 603 g/mol. The van der Waals surface area contributed by atoms with E-state index in [0.29, 0.717) is 71.2 Å². The van der Waals surface area contributed by atoms with Gasteiger partial charge in [0.25, 0.3) is 5.56 Å². The summed E-state index contributed by atoms with van der Waals surface area (Å²) in [6.07, 6.45) is 0.728. The molecule has 4 aromatic rings. The van der Waals surface area contributed by atoms with Gasteiger partial charge in [-0.05, 0) is 49.6 Å². The third-order valence-electron chi connectivity index (χ3n) is 8.68. The fourth-order valence-corrected chi connectivity index (χ4v) is 7.18. The molecular formula is C31H28F2N6O3S. The van der Waals surface area contributed by atoms with Crippen LogP contribution in [0.2, 0.25) is 0 Å². The summed E-state index contributed by atoms with van der Waals surface area (Å²) in [5.41, 5.74) is 3.88. The summed E-state index contributed by atoms with van der Waals surface area (Å²) < 4.78 is 34.0. The van der Waals surface area contributed by atoms with E-state index in [0.717, 1.165) is 11.1 Å². The van der Waals surface area contributed by atoms with Crippen LogP contribution in [0, 0.1) is 18.3 Å². The second-order valence-corrected chi connectivity index (χ2v) is 12.5. The van der Waals surface area contributed by atoms with Crippen LogP contribution in [0.25, 0.3) is 21.5 Å². The third kappa shape index (κ3) is 5.12. The number of anilines is 1. The SMILES string of the molecule is Cc1nc2cc(-c3nc(C4CC(F)(F)C4)cs3)c(N[C@H]3CCN4C(=O)OC[C@@H]4C3)cc2c(=O)n1Cc1ccc(C#N)cc1. The Kier molecular flexibility index (Phi) is 6.65. The Balaban J connectivity index is 1.27. The van der Waals surface area contributed by atoms with Crippen molar-refractivity contribution in [3.63, 3.8) is 0 Å². The molecule has 1 amide bonds. The highest BCUT2D eigenvalue weighted by atomic mass is 32.1. The normalized spacial score (nSPS) is 21.3. The Morgan fingerprint density at radius 1 is 1.19 bits per heavy atom. The van der Waals surface area contributed by atoms with Gasteiger partial charge in [-0.1, -0.05) is 12.1 Å². The molecule has 1 aliphatic carbocycles. The second-order valence-electron chi connectivity index (χ2n) is 11.6. The van der Waals surface area contributed by atoms with E-state index in [1.54, 1.807) is 28.5 Å². The average Bonchev–Trinajstić information content (AvgIpc) is 3.61. The van der Waals surface area contributed by atoms with Crippen molar-refractivity contribution in [1.82, 2.24) is 19.4 Å². The maximum Gasteiger partial charge on any atom is 0.410 e. The summed E-state index contributed by atoms with van der Waals surface area (Å²) in [7, 11) is 0. The van der Waals surface area contributed by atoms with Gasteiger partial charge in [-0.25, -0.2) is 23.5 Å². The van der Waals surface area contributed by atoms with Crippen LogP contribution >= 0.6 is 11.3 Å². The maximum atomic E-state index is 13.9. The molecule has 9 nitrogen and oxygen atoms in total. The fraction of sp³-hybridized carbons (Fsp3) is 0.387. The zero-order chi connectivity index (χ0) is 29.9. The molecule has 1 N–H and O–H groups in total. The first-order valence-electron chi connectivity index (χ1n) is 14.3. The van der Waals surface area contributed by atoms with Gasteiger partial charge in [0.15, 0.2) is 0 Å². The molecule has 2 aromatic carbocycles. The van der Waals surface area contributed by atoms with E-state index in [9.17, 15) is 18.4 Å². The van der Waals surface area contributed by atoms with Crippen molar-refractivity contribution in [2.75, 3.05) is 18.5 Å². The van der Waals surface area contributed by atoms with Crippen molar-refractivity contribution < 1.29 is 18.3 Å². The molecule has 4 heterocycles. The Bertz CT molecular complexity index is 1840. The molecule has 2 atom stereocenters. The Labute approximate surface area is 249 Å².